The Morgan fingerprint density at radius 2 is 2.33 bits per heavy atom. The third kappa shape index (κ3) is 2.53. The number of halogens is 1. The van der Waals surface area contributed by atoms with Gasteiger partial charge in [0.25, 0.3) is 0 Å². The number of hydrogen-bond acceptors (Lipinski definition) is 2. The molecule has 0 spiro atoms. The summed E-state index contributed by atoms with van der Waals surface area (Å²) < 4.78 is 2.07. The van der Waals surface area contributed by atoms with Crippen LogP contribution in [0.4, 0.5) is 0 Å². The van der Waals surface area contributed by atoms with E-state index in [1.165, 1.54) is 5.69 Å². The van der Waals surface area contributed by atoms with Gasteiger partial charge in [-0.3, -0.25) is 9.48 Å². The predicted molar refractivity (Wildman–Crippen MR) is 71.8 cm³/mol. The lowest BCUT2D eigenvalue weighted by Gasteiger charge is -2.28. The maximum atomic E-state index is 11.4. The van der Waals surface area contributed by atoms with Crippen LogP contribution in [0.3, 0.4) is 0 Å². The van der Waals surface area contributed by atoms with Crippen molar-refractivity contribution in [2.45, 2.75) is 51.6 Å². The Morgan fingerprint density at radius 1 is 1.61 bits per heavy atom. The van der Waals surface area contributed by atoms with E-state index in [0.29, 0.717) is 0 Å². The Hall–Kier alpha value is -1.03. The van der Waals surface area contributed by atoms with Crippen LogP contribution in [0.15, 0.2) is 6.20 Å². The minimum Gasteiger partial charge on any atom is -0.348 e. The molecular formula is C13H20ClN3O. The molecule has 0 aliphatic heterocycles. The molecule has 1 amide bonds. The third-order valence-corrected chi connectivity index (χ3v) is 3.52. The average Bonchev–Trinajstić information content (AvgIpc) is 2.73. The molecule has 0 saturated carbocycles. The Bertz CT molecular complexity index is 448. The lowest BCUT2D eigenvalue weighted by molar-refractivity contribution is -0.119. The molecule has 0 radical (unpaired) electrons. The first-order valence-corrected chi connectivity index (χ1v) is 6.89. The van der Waals surface area contributed by atoms with Gasteiger partial charge in [0, 0.05) is 11.3 Å². The molecule has 1 aliphatic carbocycles. The first-order chi connectivity index (χ1) is 8.43. The highest BCUT2D eigenvalue weighted by Gasteiger charge is 2.28. The summed E-state index contributed by atoms with van der Waals surface area (Å²) in [7, 11) is 0. The molecule has 1 aliphatic rings. The highest BCUT2D eigenvalue weighted by atomic mass is 35.5. The number of carbonyl (C=O) groups excluding carboxylic acids is 1. The normalized spacial score (nSPS) is 19.4. The standard InChI is InChI=1S/C13H20ClN3O/c1-13(2,3)17-11-6-4-5-10(9(11)8-15-17)16-12(18)7-14/h8,10H,4-7H2,1-3H3,(H,16,18)/t10-/m0/s1. The molecule has 1 atom stereocenters. The summed E-state index contributed by atoms with van der Waals surface area (Å²) in [6.45, 7) is 6.42. The second kappa shape index (κ2) is 4.92. The second-order valence-electron chi connectivity index (χ2n) is 5.78. The van der Waals surface area contributed by atoms with E-state index in [-0.39, 0.29) is 23.4 Å². The van der Waals surface area contributed by atoms with Crippen LogP contribution in [0, 0.1) is 0 Å². The molecule has 4 nitrogen and oxygen atoms in total. The van der Waals surface area contributed by atoms with Gasteiger partial charge in [-0.2, -0.15) is 5.10 Å². The molecule has 1 aromatic rings. The van der Waals surface area contributed by atoms with Crippen molar-refractivity contribution in [1.82, 2.24) is 15.1 Å². The fourth-order valence-electron chi connectivity index (χ4n) is 2.52. The van der Waals surface area contributed by atoms with Crippen molar-refractivity contribution < 1.29 is 4.79 Å². The summed E-state index contributed by atoms with van der Waals surface area (Å²) in [5.74, 6) is -0.0998. The molecule has 100 valence electrons. The van der Waals surface area contributed by atoms with E-state index in [9.17, 15) is 4.79 Å². The van der Waals surface area contributed by atoms with Crippen LogP contribution in [-0.4, -0.2) is 21.6 Å². The van der Waals surface area contributed by atoms with Crippen molar-refractivity contribution in [2.24, 2.45) is 0 Å². The Labute approximate surface area is 113 Å². The summed E-state index contributed by atoms with van der Waals surface area (Å²) in [6.07, 6.45) is 4.95. The van der Waals surface area contributed by atoms with E-state index in [0.717, 1.165) is 24.8 Å². The van der Waals surface area contributed by atoms with E-state index in [1.807, 2.05) is 6.20 Å². The smallest absolute Gasteiger partial charge is 0.235 e. The molecule has 18 heavy (non-hydrogen) atoms. The molecule has 0 aromatic carbocycles. The number of rotatable bonds is 2. The van der Waals surface area contributed by atoms with Crippen LogP contribution in [-0.2, 0) is 16.8 Å². The number of carbonyl (C=O) groups is 1. The van der Waals surface area contributed by atoms with Crippen molar-refractivity contribution in [1.29, 1.82) is 0 Å². The molecule has 0 unspecified atom stereocenters. The van der Waals surface area contributed by atoms with Gasteiger partial charge >= 0.3 is 0 Å². The maximum absolute atomic E-state index is 11.4. The lowest BCUT2D eigenvalue weighted by atomic mass is 9.92. The number of fused-ring (bicyclic) bond motifs is 1. The van der Waals surface area contributed by atoms with E-state index < -0.39 is 0 Å². The van der Waals surface area contributed by atoms with E-state index in [1.54, 1.807) is 0 Å². The fourth-order valence-corrected chi connectivity index (χ4v) is 2.59. The molecule has 2 rings (SSSR count). The molecule has 1 heterocycles. The number of amides is 1. The van der Waals surface area contributed by atoms with Crippen LogP contribution in [0.1, 0.15) is 50.9 Å². The highest BCUT2D eigenvalue weighted by molar-refractivity contribution is 6.27. The third-order valence-electron chi connectivity index (χ3n) is 3.27. The van der Waals surface area contributed by atoms with Gasteiger partial charge in [0.1, 0.15) is 5.88 Å². The minimum atomic E-state index is -0.113. The van der Waals surface area contributed by atoms with Crippen LogP contribution in [0.2, 0.25) is 0 Å². The van der Waals surface area contributed by atoms with Gasteiger partial charge in [-0.1, -0.05) is 0 Å². The number of nitrogens with zero attached hydrogens (tertiary/aromatic N) is 2. The molecule has 1 N–H and O–H groups in total. The molecule has 1 aromatic heterocycles. The van der Waals surface area contributed by atoms with Crippen molar-refractivity contribution in [2.75, 3.05) is 5.88 Å². The highest BCUT2D eigenvalue weighted by Crippen LogP contribution is 2.32. The average molecular weight is 270 g/mol. The topological polar surface area (TPSA) is 46.9 Å². The number of alkyl halides is 1. The van der Waals surface area contributed by atoms with E-state index in [4.69, 9.17) is 11.6 Å². The van der Waals surface area contributed by atoms with Crippen LogP contribution in [0.25, 0.3) is 0 Å². The van der Waals surface area contributed by atoms with Crippen LogP contribution in [0.5, 0.6) is 0 Å². The SMILES string of the molecule is CC(C)(C)n1ncc2c1CCC[C@@H]2NC(=O)CCl. The van der Waals surface area contributed by atoms with Crippen molar-refractivity contribution >= 4 is 17.5 Å². The van der Waals surface area contributed by atoms with E-state index in [2.05, 4.69) is 35.9 Å². The minimum absolute atomic E-state index is 0.0131. The number of hydrogen-bond donors (Lipinski definition) is 1. The zero-order valence-corrected chi connectivity index (χ0v) is 11.9. The van der Waals surface area contributed by atoms with Crippen LogP contribution >= 0.6 is 11.6 Å². The Balaban J connectivity index is 2.29. The molecule has 0 saturated heterocycles. The van der Waals surface area contributed by atoms with Gasteiger partial charge in [-0.05, 0) is 40.0 Å². The largest absolute Gasteiger partial charge is 0.348 e. The second-order valence-corrected chi connectivity index (χ2v) is 6.04. The van der Waals surface area contributed by atoms with Gasteiger partial charge in [-0.25, -0.2) is 0 Å². The Kier molecular flexibility index (Phi) is 3.66. The zero-order chi connectivity index (χ0) is 13.3. The Morgan fingerprint density at radius 3 is 2.94 bits per heavy atom. The van der Waals surface area contributed by atoms with Gasteiger partial charge in [0.2, 0.25) is 5.91 Å². The summed E-state index contributed by atoms with van der Waals surface area (Å²) in [4.78, 5) is 11.4. The monoisotopic (exact) mass is 269 g/mol. The number of aromatic nitrogens is 2. The van der Waals surface area contributed by atoms with Gasteiger partial charge in [0.05, 0.1) is 17.8 Å². The predicted octanol–water partition coefficient (Wildman–Crippen LogP) is 2.37. The van der Waals surface area contributed by atoms with Gasteiger partial charge in [-0.15, -0.1) is 11.6 Å². The maximum Gasteiger partial charge on any atom is 0.235 e. The summed E-state index contributed by atoms with van der Waals surface area (Å²) in [6, 6.07) is 0.0658. The van der Waals surface area contributed by atoms with Crippen LogP contribution < -0.4 is 5.32 Å². The summed E-state index contributed by atoms with van der Waals surface area (Å²) in [5, 5.41) is 7.45. The summed E-state index contributed by atoms with van der Waals surface area (Å²) in [5.41, 5.74) is 2.37. The molecular weight excluding hydrogens is 250 g/mol. The van der Waals surface area contributed by atoms with Gasteiger partial charge in [0.15, 0.2) is 0 Å². The molecule has 5 heteroatoms. The van der Waals surface area contributed by atoms with Gasteiger partial charge < -0.3 is 5.32 Å². The summed E-state index contributed by atoms with van der Waals surface area (Å²) >= 11 is 5.54. The van der Waals surface area contributed by atoms with Crippen molar-refractivity contribution in [3.63, 3.8) is 0 Å². The van der Waals surface area contributed by atoms with E-state index >= 15 is 0 Å². The number of nitrogens with one attached hydrogen (secondary N) is 1. The first kappa shape index (κ1) is 13.4. The van der Waals surface area contributed by atoms with Crippen molar-refractivity contribution in [3.8, 4) is 0 Å². The first-order valence-electron chi connectivity index (χ1n) is 6.36. The molecule has 0 bridgehead atoms. The lowest BCUT2D eigenvalue weighted by Crippen LogP contribution is -2.33. The quantitative estimate of drug-likeness (QED) is 0.838. The molecule has 0 fully saturated rings. The fraction of sp³-hybridized carbons (Fsp3) is 0.692. The van der Waals surface area contributed by atoms with Crippen molar-refractivity contribution in [3.05, 3.63) is 17.5 Å². The zero-order valence-electron chi connectivity index (χ0n) is 11.2.